The second-order valence-corrected chi connectivity index (χ2v) is 3.58. The van der Waals surface area contributed by atoms with Gasteiger partial charge >= 0.3 is 0 Å². The molecule has 0 aliphatic carbocycles. The molecule has 0 aromatic heterocycles. The SMILES string of the molecule is CNCCCc1ccc(N)c(S)c1. The zero-order valence-electron chi connectivity index (χ0n) is 7.88. The first-order valence-electron chi connectivity index (χ1n) is 4.46. The van der Waals surface area contributed by atoms with Crippen LogP contribution in [0.2, 0.25) is 0 Å². The van der Waals surface area contributed by atoms with Crippen LogP contribution in [0.15, 0.2) is 23.1 Å². The second kappa shape index (κ2) is 5.14. The van der Waals surface area contributed by atoms with Crippen molar-refractivity contribution in [3.05, 3.63) is 23.8 Å². The smallest absolute Gasteiger partial charge is 0.0449 e. The molecule has 0 fully saturated rings. The van der Waals surface area contributed by atoms with E-state index in [1.807, 2.05) is 19.2 Å². The topological polar surface area (TPSA) is 38.0 Å². The van der Waals surface area contributed by atoms with Crippen molar-refractivity contribution in [3.8, 4) is 0 Å². The van der Waals surface area contributed by atoms with Crippen molar-refractivity contribution in [2.45, 2.75) is 17.7 Å². The van der Waals surface area contributed by atoms with E-state index in [1.54, 1.807) is 0 Å². The summed E-state index contributed by atoms with van der Waals surface area (Å²) in [5, 5.41) is 3.12. The number of aryl methyl sites for hydroxylation is 1. The van der Waals surface area contributed by atoms with E-state index >= 15 is 0 Å². The van der Waals surface area contributed by atoms with Crippen molar-refractivity contribution in [1.29, 1.82) is 0 Å². The summed E-state index contributed by atoms with van der Waals surface area (Å²) < 4.78 is 0. The lowest BCUT2D eigenvalue weighted by molar-refractivity contribution is 0.724. The monoisotopic (exact) mass is 196 g/mol. The molecule has 0 aliphatic heterocycles. The molecule has 0 aliphatic rings. The van der Waals surface area contributed by atoms with E-state index < -0.39 is 0 Å². The molecule has 1 aromatic rings. The number of nitrogen functional groups attached to an aromatic ring is 1. The highest BCUT2D eigenvalue weighted by atomic mass is 32.1. The molecule has 3 N–H and O–H groups in total. The molecular formula is C10H16N2S. The maximum Gasteiger partial charge on any atom is 0.0449 e. The lowest BCUT2D eigenvalue weighted by atomic mass is 10.1. The Morgan fingerprint density at radius 1 is 1.46 bits per heavy atom. The number of hydrogen-bond donors (Lipinski definition) is 3. The van der Waals surface area contributed by atoms with E-state index in [0.717, 1.165) is 30.0 Å². The Morgan fingerprint density at radius 2 is 2.23 bits per heavy atom. The van der Waals surface area contributed by atoms with Gasteiger partial charge in [-0.3, -0.25) is 0 Å². The normalized spacial score (nSPS) is 10.3. The van der Waals surface area contributed by atoms with Gasteiger partial charge in [0, 0.05) is 10.6 Å². The summed E-state index contributed by atoms with van der Waals surface area (Å²) in [4.78, 5) is 0.877. The van der Waals surface area contributed by atoms with E-state index in [4.69, 9.17) is 5.73 Å². The van der Waals surface area contributed by atoms with Gasteiger partial charge in [0.25, 0.3) is 0 Å². The number of hydrogen-bond acceptors (Lipinski definition) is 3. The first-order valence-corrected chi connectivity index (χ1v) is 4.90. The summed E-state index contributed by atoms with van der Waals surface area (Å²) in [6, 6.07) is 6.01. The Labute approximate surface area is 84.9 Å². The number of nitrogens with two attached hydrogens (primary N) is 1. The van der Waals surface area contributed by atoms with Crippen LogP contribution >= 0.6 is 12.6 Å². The zero-order valence-corrected chi connectivity index (χ0v) is 8.77. The summed E-state index contributed by atoms with van der Waals surface area (Å²) in [7, 11) is 1.97. The van der Waals surface area contributed by atoms with E-state index in [9.17, 15) is 0 Å². The minimum Gasteiger partial charge on any atom is -0.398 e. The van der Waals surface area contributed by atoms with Gasteiger partial charge in [-0.25, -0.2) is 0 Å². The van der Waals surface area contributed by atoms with Crippen LogP contribution in [-0.4, -0.2) is 13.6 Å². The third-order valence-electron chi connectivity index (χ3n) is 1.99. The Kier molecular flexibility index (Phi) is 4.12. The van der Waals surface area contributed by atoms with E-state index in [1.165, 1.54) is 5.56 Å². The van der Waals surface area contributed by atoms with Crippen LogP contribution in [0.3, 0.4) is 0 Å². The number of anilines is 1. The van der Waals surface area contributed by atoms with Gasteiger partial charge in [-0.2, -0.15) is 0 Å². The van der Waals surface area contributed by atoms with Gasteiger partial charge in [-0.15, -0.1) is 12.6 Å². The van der Waals surface area contributed by atoms with Crippen LogP contribution in [0.1, 0.15) is 12.0 Å². The third-order valence-corrected chi connectivity index (χ3v) is 2.37. The molecule has 0 bridgehead atoms. The van der Waals surface area contributed by atoms with Crippen LogP contribution in [0, 0.1) is 0 Å². The fraction of sp³-hybridized carbons (Fsp3) is 0.400. The predicted octanol–water partition coefficient (Wildman–Crippen LogP) is 1.71. The Hall–Kier alpha value is -0.670. The highest BCUT2D eigenvalue weighted by Gasteiger charge is 1.96. The fourth-order valence-corrected chi connectivity index (χ4v) is 1.45. The number of rotatable bonds is 4. The molecule has 0 unspecified atom stereocenters. The Morgan fingerprint density at radius 3 is 2.85 bits per heavy atom. The molecule has 2 nitrogen and oxygen atoms in total. The van der Waals surface area contributed by atoms with Crippen molar-refractivity contribution < 1.29 is 0 Å². The van der Waals surface area contributed by atoms with Gasteiger partial charge in [0.1, 0.15) is 0 Å². The molecule has 72 valence electrons. The maximum absolute atomic E-state index is 5.65. The van der Waals surface area contributed by atoms with Crippen LogP contribution < -0.4 is 11.1 Å². The molecule has 0 spiro atoms. The second-order valence-electron chi connectivity index (χ2n) is 3.10. The highest BCUT2D eigenvalue weighted by Crippen LogP contribution is 2.18. The third kappa shape index (κ3) is 3.28. The van der Waals surface area contributed by atoms with Crippen molar-refractivity contribution in [2.75, 3.05) is 19.3 Å². The lowest BCUT2D eigenvalue weighted by Gasteiger charge is -2.04. The fourth-order valence-electron chi connectivity index (χ4n) is 1.21. The summed E-state index contributed by atoms with van der Waals surface area (Å²) in [6.07, 6.45) is 2.22. The standard InChI is InChI=1S/C10H16N2S/c1-12-6-2-3-8-4-5-9(11)10(13)7-8/h4-5,7,12-13H,2-3,6,11H2,1H3. The quantitative estimate of drug-likeness (QED) is 0.390. The maximum atomic E-state index is 5.65. The molecule has 0 amide bonds. The molecule has 13 heavy (non-hydrogen) atoms. The first-order chi connectivity index (χ1) is 6.24. The number of benzene rings is 1. The van der Waals surface area contributed by atoms with E-state index in [2.05, 4.69) is 24.0 Å². The van der Waals surface area contributed by atoms with Crippen LogP contribution in [0.25, 0.3) is 0 Å². The lowest BCUT2D eigenvalue weighted by Crippen LogP contribution is -2.08. The average Bonchev–Trinajstić information content (AvgIpc) is 2.12. The van der Waals surface area contributed by atoms with Crippen LogP contribution in [-0.2, 0) is 6.42 Å². The predicted molar refractivity (Wildman–Crippen MR) is 60.4 cm³/mol. The molecule has 1 aromatic carbocycles. The van der Waals surface area contributed by atoms with Gasteiger partial charge in [-0.05, 0) is 44.1 Å². The largest absolute Gasteiger partial charge is 0.398 e. The number of nitrogens with one attached hydrogen (secondary N) is 1. The molecule has 0 saturated carbocycles. The first kappa shape index (κ1) is 10.4. The van der Waals surface area contributed by atoms with Gasteiger partial charge < -0.3 is 11.1 Å². The molecule has 0 heterocycles. The zero-order chi connectivity index (χ0) is 9.68. The highest BCUT2D eigenvalue weighted by molar-refractivity contribution is 7.80. The minimum atomic E-state index is 0.751. The average molecular weight is 196 g/mol. The van der Waals surface area contributed by atoms with Crippen LogP contribution in [0.4, 0.5) is 5.69 Å². The van der Waals surface area contributed by atoms with Gasteiger partial charge in [-0.1, -0.05) is 6.07 Å². The number of thiol groups is 1. The molecule has 1 rings (SSSR count). The van der Waals surface area contributed by atoms with Gasteiger partial charge in [0.05, 0.1) is 0 Å². The summed E-state index contributed by atoms with van der Waals surface area (Å²) in [5.74, 6) is 0. The van der Waals surface area contributed by atoms with Gasteiger partial charge in [0.2, 0.25) is 0 Å². The van der Waals surface area contributed by atoms with Crippen molar-refractivity contribution >= 4 is 18.3 Å². The molecular weight excluding hydrogens is 180 g/mol. The summed E-state index contributed by atoms with van der Waals surface area (Å²) in [6.45, 7) is 1.05. The molecule has 0 saturated heterocycles. The summed E-state index contributed by atoms with van der Waals surface area (Å²) >= 11 is 4.27. The summed E-state index contributed by atoms with van der Waals surface area (Å²) in [5.41, 5.74) is 7.71. The Balaban J connectivity index is 2.53. The molecule has 0 atom stereocenters. The van der Waals surface area contributed by atoms with Crippen molar-refractivity contribution in [1.82, 2.24) is 5.32 Å². The van der Waals surface area contributed by atoms with Crippen molar-refractivity contribution in [2.24, 2.45) is 0 Å². The van der Waals surface area contributed by atoms with E-state index in [-0.39, 0.29) is 0 Å². The van der Waals surface area contributed by atoms with Crippen LogP contribution in [0.5, 0.6) is 0 Å². The minimum absolute atomic E-state index is 0.751. The molecule has 0 radical (unpaired) electrons. The van der Waals surface area contributed by atoms with E-state index in [0.29, 0.717) is 0 Å². The Bertz CT molecular complexity index is 274. The van der Waals surface area contributed by atoms with Crippen molar-refractivity contribution in [3.63, 3.8) is 0 Å². The molecule has 3 heteroatoms. The van der Waals surface area contributed by atoms with Gasteiger partial charge in [0.15, 0.2) is 0 Å².